The third-order valence-corrected chi connectivity index (χ3v) is 13.7. The topological polar surface area (TPSA) is 71.1 Å². The van der Waals surface area contributed by atoms with Crippen LogP contribution in [-0.4, -0.2) is 44.7 Å². The summed E-state index contributed by atoms with van der Waals surface area (Å²) in [5, 5.41) is 0. The fraction of sp³-hybridized carbons (Fsp3) is 0.947. The molecule has 1 heterocycles. The van der Waals surface area contributed by atoms with Crippen LogP contribution in [0, 0.1) is 64.1 Å². The predicted octanol–water partition coefficient (Wildman–Crippen LogP) is 8.11. The molecule has 6 heteroatoms. The van der Waals surface area contributed by atoms with E-state index in [-0.39, 0.29) is 42.8 Å². The lowest BCUT2D eigenvalue weighted by Gasteiger charge is -2.47. The maximum atomic E-state index is 13.8. The predicted molar refractivity (Wildman–Crippen MR) is 168 cm³/mol. The monoisotopic (exact) mass is 612 g/mol. The van der Waals surface area contributed by atoms with E-state index in [2.05, 4.69) is 13.8 Å². The van der Waals surface area contributed by atoms with E-state index in [4.69, 9.17) is 18.9 Å². The lowest BCUT2D eigenvalue weighted by Crippen LogP contribution is -2.51. The average molecular weight is 613 g/mol. The fourth-order valence-electron chi connectivity index (χ4n) is 11.8. The number of rotatable bonds is 8. The molecule has 0 aromatic carbocycles. The number of hydrogen-bond acceptors (Lipinski definition) is 6. The number of carbonyl (C=O) groups excluding carboxylic acids is 2. The van der Waals surface area contributed by atoms with Crippen molar-refractivity contribution in [1.82, 2.24) is 0 Å². The molecule has 7 fully saturated rings. The molecule has 8 unspecified atom stereocenters. The molecule has 6 bridgehead atoms. The molecule has 8 atom stereocenters. The summed E-state index contributed by atoms with van der Waals surface area (Å²) >= 11 is 0. The van der Waals surface area contributed by atoms with E-state index < -0.39 is 5.41 Å². The molecule has 7 rings (SSSR count). The van der Waals surface area contributed by atoms with Gasteiger partial charge in [-0.25, -0.2) is 0 Å². The Morgan fingerprint density at radius 2 is 1.43 bits per heavy atom. The van der Waals surface area contributed by atoms with E-state index in [1.807, 2.05) is 0 Å². The van der Waals surface area contributed by atoms with E-state index >= 15 is 0 Å². The van der Waals surface area contributed by atoms with E-state index in [0.29, 0.717) is 42.8 Å². The lowest BCUT2D eigenvalue weighted by atomic mass is 9.59. The van der Waals surface area contributed by atoms with Gasteiger partial charge in [-0.3, -0.25) is 9.59 Å². The van der Waals surface area contributed by atoms with Gasteiger partial charge in [-0.1, -0.05) is 52.4 Å². The van der Waals surface area contributed by atoms with Crippen molar-refractivity contribution >= 4 is 11.9 Å². The van der Waals surface area contributed by atoms with Crippen molar-refractivity contribution in [3.05, 3.63) is 0 Å². The SMILES string of the molecule is CC1CC2CC(C1)CC(C(=O)OCC1(COC(=O)C34CCCC(CC(C)C3)C4)COC(CC3CCC4CCCC3C4)OC1)C2. The van der Waals surface area contributed by atoms with Gasteiger partial charge in [-0.15, -0.1) is 0 Å². The summed E-state index contributed by atoms with van der Waals surface area (Å²) in [4.78, 5) is 27.3. The number of carbonyl (C=O) groups is 2. The Morgan fingerprint density at radius 3 is 2.23 bits per heavy atom. The molecular formula is C38H60O6. The Hall–Kier alpha value is -1.14. The second kappa shape index (κ2) is 13.2. The van der Waals surface area contributed by atoms with Crippen LogP contribution in [0.1, 0.15) is 129 Å². The van der Waals surface area contributed by atoms with Crippen molar-refractivity contribution in [3.63, 3.8) is 0 Å². The summed E-state index contributed by atoms with van der Waals surface area (Å²) in [6.45, 7) is 5.89. The second-order valence-corrected chi connectivity index (χ2v) is 17.6. The number of hydrogen-bond donors (Lipinski definition) is 0. The summed E-state index contributed by atoms with van der Waals surface area (Å²) in [5.41, 5.74) is -0.985. The molecule has 0 radical (unpaired) electrons. The van der Waals surface area contributed by atoms with Crippen LogP contribution in [0.2, 0.25) is 0 Å². The molecule has 1 aliphatic heterocycles. The van der Waals surface area contributed by atoms with Crippen LogP contribution < -0.4 is 0 Å². The van der Waals surface area contributed by atoms with Gasteiger partial charge in [0.15, 0.2) is 6.29 Å². The van der Waals surface area contributed by atoms with Crippen LogP contribution in [0.3, 0.4) is 0 Å². The molecule has 248 valence electrons. The average Bonchev–Trinajstić information content (AvgIpc) is 3.00. The molecular weight excluding hydrogens is 552 g/mol. The summed E-state index contributed by atoms with van der Waals surface area (Å²) in [5.74, 6) is 5.63. The molecule has 0 spiro atoms. The van der Waals surface area contributed by atoms with E-state index in [1.54, 1.807) is 0 Å². The lowest BCUT2D eigenvalue weighted by molar-refractivity contribution is -0.256. The van der Waals surface area contributed by atoms with E-state index in [1.165, 1.54) is 70.6 Å². The van der Waals surface area contributed by atoms with Gasteiger partial charge in [0.1, 0.15) is 13.2 Å². The molecule has 44 heavy (non-hydrogen) atoms. The van der Waals surface area contributed by atoms with Crippen LogP contribution in [0.4, 0.5) is 0 Å². The number of ether oxygens (including phenoxy) is 4. The Labute approximate surface area is 266 Å². The molecule has 0 N–H and O–H groups in total. The van der Waals surface area contributed by atoms with E-state index in [9.17, 15) is 9.59 Å². The molecule has 7 aliphatic rings. The van der Waals surface area contributed by atoms with Gasteiger partial charge >= 0.3 is 11.9 Å². The minimum absolute atomic E-state index is 0.00330. The first-order chi connectivity index (χ1) is 21.3. The molecule has 6 aliphatic carbocycles. The Kier molecular flexibility index (Phi) is 9.41. The van der Waals surface area contributed by atoms with Crippen LogP contribution in [0.15, 0.2) is 0 Å². The van der Waals surface area contributed by atoms with Crippen LogP contribution >= 0.6 is 0 Å². The smallest absolute Gasteiger partial charge is 0.312 e. The largest absolute Gasteiger partial charge is 0.465 e. The highest BCUT2D eigenvalue weighted by molar-refractivity contribution is 5.77. The Balaban J connectivity index is 0.986. The highest BCUT2D eigenvalue weighted by atomic mass is 16.7. The molecule has 0 aromatic rings. The third-order valence-electron chi connectivity index (χ3n) is 13.7. The normalized spacial score (nSPS) is 47.0. The molecule has 0 aromatic heterocycles. The standard InChI is InChI=1S/C38H60O6/c1-25-11-29-14-30(12-25)17-33(16-29)35(39)43-23-37(24-44-36(40)38-10-4-6-28(20-38)13-26(2)19-38)21-41-34(42-22-37)18-32-9-8-27-5-3-7-31(32)15-27/h25-34H,3-24H2,1-2H3. The zero-order valence-corrected chi connectivity index (χ0v) is 27.8. The fourth-order valence-corrected chi connectivity index (χ4v) is 11.8. The summed E-state index contributed by atoms with van der Waals surface area (Å²) in [6, 6.07) is 0. The van der Waals surface area contributed by atoms with Crippen molar-refractivity contribution in [2.24, 2.45) is 64.1 Å². The first-order valence-corrected chi connectivity index (χ1v) is 18.8. The minimum Gasteiger partial charge on any atom is -0.465 e. The van der Waals surface area contributed by atoms with Crippen LogP contribution in [0.5, 0.6) is 0 Å². The van der Waals surface area contributed by atoms with Gasteiger partial charge in [0.2, 0.25) is 0 Å². The maximum absolute atomic E-state index is 13.8. The van der Waals surface area contributed by atoms with Crippen molar-refractivity contribution in [3.8, 4) is 0 Å². The third kappa shape index (κ3) is 6.92. The Bertz CT molecular complexity index is 997. The molecule has 0 amide bonds. The first-order valence-electron chi connectivity index (χ1n) is 18.8. The molecule has 6 saturated carbocycles. The summed E-state index contributed by atoms with van der Waals surface area (Å²) in [7, 11) is 0. The highest BCUT2D eigenvalue weighted by Gasteiger charge is 2.50. The van der Waals surface area contributed by atoms with E-state index in [0.717, 1.165) is 62.7 Å². The van der Waals surface area contributed by atoms with Gasteiger partial charge in [0, 0.05) is 6.42 Å². The van der Waals surface area contributed by atoms with Crippen LogP contribution in [0.25, 0.3) is 0 Å². The van der Waals surface area contributed by atoms with Gasteiger partial charge in [0.05, 0.1) is 30.0 Å². The summed E-state index contributed by atoms with van der Waals surface area (Å²) in [6.07, 6.45) is 21.1. The van der Waals surface area contributed by atoms with Crippen molar-refractivity contribution in [2.45, 2.75) is 136 Å². The second-order valence-electron chi connectivity index (χ2n) is 17.6. The zero-order valence-electron chi connectivity index (χ0n) is 27.8. The highest BCUT2D eigenvalue weighted by Crippen LogP contribution is 2.52. The quantitative estimate of drug-likeness (QED) is 0.258. The Morgan fingerprint density at radius 1 is 0.705 bits per heavy atom. The van der Waals surface area contributed by atoms with Gasteiger partial charge in [-0.2, -0.15) is 0 Å². The van der Waals surface area contributed by atoms with Gasteiger partial charge < -0.3 is 18.9 Å². The van der Waals surface area contributed by atoms with Crippen molar-refractivity contribution in [1.29, 1.82) is 0 Å². The minimum atomic E-state index is -0.644. The van der Waals surface area contributed by atoms with Gasteiger partial charge in [0.25, 0.3) is 0 Å². The van der Waals surface area contributed by atoms with Crippen LogP contribution in [-0.2, 0) is 28.5 Å². The number of esters is 2. The maximum Gasteiger partial charge on any atom is 0.312 e. The number of fused-ring (bicyclic) bond motifs is 6. The molecule has 6 nitrogen and oxygen atoms in total. The van der Waals surface area contributed by atoms with Crippen molar-refractivity contribution in [2.75, 3.05) is 26.4 Å². The van der Waals surface area contributed by atoms with Crippen molar-refractivity contribution < 1.29 is 28.5 Å². The zero-order chi connectivity index (χ0) is 30.3. The first kappa shape index (κ1) is 31.5. The molecule has 1 saturated heterocycles. The summed E-state index contributed by atoms with van der Waals surface area (Å²) < 4.78 is 25.3. The van der Waals surface area contributed by atoms with Gasteiger partial charge in [-0.05, 0) is 118 Å².